The monoisotopic (exact) mass is 394 g/mol. The van der Waals surface area contributed by atoms with Crippen molar-refractivity contribution in [3.05, 3.63) is 55.7 Å². The Hall–Kier alpha value is -3.05. The number of hydrogen-bond acceptors (Lipinski definition) is 7. The van der Waals surface area contributed by atoms with Crippen molar-refractivity contribution in [2.24, 2.45) is 5.11 Å². The van der Waals surface area contributed by atoms with E-state index in [1.807, 2.05) is 0 Å². The van der Waals surface area contributed by atoms with E-state index in [0.29, 0.717) is 64.2 Å². The maximum atomic E-state index is 11.5. The first-order chi connectivity index (χ1) is 13.7. The third kappa shape index (κ3) is 7.29. The number of hydrogen-bond donors (Lipinski definition) is 2. The number of ether oxygens (including phenoxy) is 4. The van der Waals surface area contributed by atoms with Crippen LogP contribution in [0.2, 0.25) is 0 Å². The van der Waals surface area contributed by atoms with Crippen molar-refractivity contribution in [2.45, 2.75) is 0 Å². The molecule has 152 valence electrons. The zero-order chi connectivity index (χ0) is 20.0. The summed E-state index contributed by atoms with van der Waals surface area (Å²) in [4.78, 5) is 25.7. The molecule has 0 bridgehead atoms. The minimum Gasteiger partial charge on any atom is -0.491 e. The standard InChI is InChI=1S/C16H22N6O6/c17-21-18-5-6-25-7-8-26-9-10-27-11-12-28-14-3-1-13(2-4-14)22-15(23)19-20-16(22)24/h1-4H,5-12H2,(H,19,23)(H,20,24). The number of nitrogens with zero attached hydrogens (tertiary/aromatic N) is 4. The fraction of sp³-hybridized carbons (Fsp3) is 0.500. The lowest BCUT2D eigenvalue weighted by molar-refractivity contribution is 0.0106. The van der Waals surface area contributed by atoms with Gasteiger partial charge in [0, 0.05) is 11.5 Å². The predicted octanol–water partition coefficient (Wildman–Crippen LogP) is 0.593. The van der Waals surface area contributed by atoms with Crippen LogP contribution in [0.15, 0.2) is 39.0 Å². The first kappa shape index (κ1) is 21.3. The lowest BCUT2D eigenvalue weighted by atomic mass is 10.3. The molecule has 12 heteroatoms. The fourth-order valence-electron chi connectivity index (χ4n) is 2.15. The molecule has 28 heavy (non-hydrogen) atoms. The summed E-state index contributed by atoms with van der Waals surface area (Å²) in [5, 5.41) is 7.79. The largest absolute Gasteiger partial charge is 0.491 e. The second kappa shape index (κ2) is 12.4. The van der Waals surface area contributed by atoms with Crippen LogP contribution in [-0.4, -0.2) is 67.6 Å². The van der Waals surface area contributed by atoms with Gasteiger partial charge in [-0.3, -0.25) is 0 Å². The Labute approximate surface area is 159 Å². The summed E-state index contributed by atoms with van der Waals surface area (Å²) in [6.07, 6.45) is 0. The van der Waals surface area contributed by atoms with E-state index in [9.17, 15) is 9.59 Å². The normalized spacial score (nSPS) is 10.6. The van der Waals surface area contributed by atoms with Crippen LogP contribution in [0.4, 0.5) is 0 Å². The highest BCUT2D eigenvalue weighted by Gasteiger charge is 2.05. The number of nitrogens with one attached hydrogen (secondary N) is 2. The average Bonchev–Trinajstić information content (AvgIpc) is 3.04. The molecule has 1 aromatic heterocycles. The number of rotatable bonds is 14. The molecular formula is C16H22N6O6. The van der Waals surface area contributed by atoms with Gasteiger partial charge in [0.2, 0.25) is 0 Å². The third-order valence-corrected chi connectivity index (χ3v) is 3.42. The Bertz CT molecular complexity index is 824. The number of H-pyrrole nitrogens is 2. The van der Waals surface area contributed by atoms with E-state index in [0.717, 1.165) is 4.57 Å². The number of aromatic nitrogens is 3. The van der Waals surface area contributed by atoms with Crippen LogP contribution in [-0.2, 0) is 14.2 Å². The van der Waals surface area contributed by atoms with Crippen molar-refractivity contribution in [2.75, 3.05) is 52.8 Å². The molecule has 0 fully saturated rings. The molecule has 0 saturated heterocycles. The van der Waals surface area contributed by atoms with E-state index in [-0.39, 0.29) is 0 Å². The molecule has 0 aliphatic carbocycles. The quantitative estimate of drug-likeness (QED) is 0.207. The molecule has 0 aliphatic heterocycles. The van der Waals surface area contributed by atoms with Crippen LogP contribution in [0.5, 0.6) is 5.75 Å². The van der Waals surface area contributed by atoms with E-state index in [1.54, 1.807) is 24.3 Å². The van der Waals surface area contributed by atoms with Crippen molar-refractivity contribution in [3.8, 4) is 11.4 Å². The second-order valence-corrected chi connectivity index (χ2v) is 5.33. The lowest BCUT2D eigenvalue weighted by Crippen LogP contribution is -2.24. The highest BCUT2D eigenvalue weighted by atomic mass is 16.6. The molecule has 0 aliphatic rings. The maximum Gasteiger partial charge on any atom is 0.348 e. The molecule has 0 saturated carbocycles. The van der Waals surface area contributed by atoms with Crippen molar-refractivity contribution in [1.29, 1.82) is 0 Å². The topological polar surface area (TPSA) is 156 Å². The summed E-state index contributed by atoms with van der Waals surface area (Å²) in [5.41, 5.74) is 7.46. The van der Waals surface area contributed by atoms with Gasteiger partial charge in [0.1, 0.15) is 12.4 Å². The molecular weight excluding hydrogens is 372 g/mol. The highest BCUT2D eigenvalue weighted by Crippen LogP contribution is 2.13. The van der Waals surface area contributed by atoms with Gasteiger partial charge in [-0.2, -0.15) is 0 Å². The van der Waals surface area contributed by atoms with Crippen LogP contribution in [0, 0.1) is 0 Å². The number of azide groups is 1. The van der Waals surface area contributed by atoms with Crippen LogP contribution >= 0.6 is 0 Å². The van der Waals surface area contributed by atoms with Crippen LogP contribution in [0.1, 0.15) is 0 Å². The van der Waals surface area contributed by atoms with Gasteiger partial charge < -0.3 is 18.9 Å². The van der Waals surface area contributed by atoms with Crippen LogP contribution in [0.25, 0.3) is 16.1 Å². The average molecular weight is 394 g/mol. The predicted molar refractivity (Wildman–Crippen MR) is 99.0 cm³/mol. The van der Waals surface area contributed by atoms with Gasteiger partial charge in [0.15, 0.2) is 0 Å². The first-order valence-corrected chi connectivity index (χ1v) is 8.59. The van der Waals surface area contributed by atoms with Crippen LogP contribution < -0.4 is 16.1 Å². The van der Waals surface area contributed by atoms with E-state index in [1.165, 1.54) is 0 Å². The fourth-order valence-corrected chi connectivity index (χ4v) is 2.15. The molecule has 0 atom stereocenters. The second-order valence-electron chi connectivity index (χ2n) is 5.33. The van der Waals surface area contributed by atoms with E-state index < -0.39 is 11.4 Å². The molecule has 0 unspecified atom stereocenters. The summed E-state index contributed by atoms with van der Waals surface area (Å²) in [5.74, 6) is 0.599. The Morgan fingerprint density at radius 2 is 1.39 bits per heavy atom. The maximum absolute atomic E-state index is 11.5. The molecule has 0 spiro atoms. The van der Waals surface area contributed by atoms with E-state index >= 15 is 0 Å². The number of benzene rings is 1. The molecule has 2 rings (SSSR count). The SMILES string of the molecule is [N-]=[N+]=NCCOCCOCCOCCOc1ccc(-n2c(=O)[nH][nH]c2=O)cc1. The Kier molecular flexibility index (Phi) is 9.38. The Balaban J connectivity index is 1.52. The van der Waals surface area contributed by atoms with E-state index in [2.05, 4.69) is 20.2 Å². The van der Waals surface area contributed by atoms with Gasteiger partial charge in [0.05, 0.1) is 45.3 Å². The molecule has 0 radical (unpaired) electrons. The summed E-state index contributed by atoms with van der Waals surface area (Å²) < 4.78 is 22.4. The van der Waals surface area contributed by atoms with Gasteiger partial charge in [0.25, 0.3) is 0 Å². The highest BCUT2D eigenvalue weighted by molar-refractivity contribution is 5.36. The van der Waals surface area contributed by atoms with Gasteiger partial charge in [-0.1, -0.05) is 5.11 Å². The minimum atomic E-state index is -0.533. The third-order valence-electron chi connectivity index (χ3n) is 3.42. The van der Waals surface area contributed by atoms with Gasteiger partial charge in [-0.15, -0.1) is 0 Å². The van der Waals surface area contributed by atoms with Gasteiger partial charge in [-0.25, -0.2) is 24.4 Å². The molecule has 0 amide bonds. The summed E-state index contributed by atoms with van der Waals surface area (Å²) in [7, 11) is 0. The van der Waals surface area contributed by atoms with Crippen molar-refractivity contribution in [1.82, 2.24) is 14.8 Å². The minimum absolute atomic E-state index is 0.311. The zero-order valence-corrected chi connectivity index (χ0v) is 15.2. The summed E-state index contributed by atoms with van der Waals surface area (Å²) in [6.45, 7) is 3.17. The number of aromatic amines is 2. The zero-order valence-electron chi connectivity index (χ0n) is 15.2. The molecule has 1 heterocycles. The molecule has 12 nitrogen and oxygen atoms in total. The first-order valence-electron chi connectivity index (χ1n) is 8.59. The smallest absolute Gasteiger partial charge is 0.348 e. The van der Waals surface area contributed by atoms with Crippen molar-refractivity contribution < 1.29 is 18.9 Å². The lowest BCUT2D eigenvalue weighted by Gasteiger charge is -2.08. The van der Waals surface area contributed by atoms with E-state index in [4.69, 9.17) is 24.5 Å². The molecule has 2 N–H and O–H groups in total. The Morgan fingerprint density at radius 1 is 0.857 bits per heavy atom. The van der Waals surface area contributed by atoms with Crippen molar-refractivity contribution >= 4 is 0 Å². The summed E-state index contributed by atoms with van der Waals surface area (Å²) in [6, 6.07) is 6.56. The summed E-state index contributed by atoms with van der Waals surface area (Å²) >= 11 is 0. The van der Waals surface area contributed by atoms with Gasteiger partial charge >= 0.3 is 11.4 Å². The van der Waals surface area contributed by atoms with Crippen LogP contribution in [0.3, 0.4) is 0 Å². The Morgan fingerprint density at radius 3 is 1.96 bits per heavy atom. The molecule has 2 aromatic rings. The van der Waals surface area contributed by atoms with Crippen molar-refractivity contribution in [3.63, 3.8) is 0 Å². The van der Waals surface area contributed by atoms with Gasteiger partial charge in [-0.05, 0) is 29.8 Å². The molecule has 1 aromatic carbocycles.